The summed E-state index contributed by atoms with van der Waals surface area (Å²) in [6.45, 7) is 1.36. The normalized spacial score (nSPS) is 15.8. The third-order valence-electron chi connectivity index (χ3n) is 5.28. The lowest BCUT2D eigenvalue weighted by molar-refractivity contribution is -0.133. The summed E-state index contributed by atoms with van der Waals surface area (Å²) >= 11 is 5.87. The van der Waals surface area contributed by atoms with Gasteiger partial charge >= 0.3 is 0 Å². The number of piperidine rings is 1. The molecule has 1 heterocycles. The molecule has 2 aromatic carbocycles. The van der Waals surface area contributed by atoms with Crippen LogP contribution in [0.3, 0.4) is 0 Å². The lowest BCUT2D eigenvalue weighted by Crippen LogP contribution is -2.41. The predicted octanol–water partition coefficient (Wildman–Crippen LogP) is 3.57. The Bertz CT molecular complexity index is 854. The fourth-order valence-electron chi connectivity index (χ4n) is 3.60. The zero-order valence-corrected chi connectivity index (χ0v) is 16.7. The Morgan fingerprint density at radius 1 is 1.17 bits per heavy atom. The molecule has 1 atom stereocenters. The highest BCUT2D eigenvalue weighted by molar-refractivity contribution is 6.33. The number of nitrogens with zero attached hydrogens (tertiary/aromatic N) is 1. The standard InChI is InChI=1S/C22H24ClFN2O3/c23-19-14-17(24)6-7-18(19)22(29)25-11-8-20(27)26-12-9-16(10-13-26)21(28)15-4-2-1-3-5-15/h1-7,14,16,21,28H,8-13H2,(H,25,29). The van der Waals surface area contributed by atoms with Gasteiger partial charge in [-0.2, -0.15) is 0 Å². The molecule has 1 saturated heterocycles. The van der Waals surface area contributed by atoms with Crippen LogP contribution >= 0.6 is 11.6 Å². The molecule has 0 bridgehead atoms. The Balaban J connectivity index is 1.42. The second-order valence-corrected chi connectivity index (χ2v) is 7.61. The van der Waals surface area contributed by atoms with Crippen LogP contribution in [0.15, 0.2) is 48.5 Å². The maximum Gasteiger partial charge on any atom is 0.252 e. The van der Waals surface area contributed by atoms with Crippen LogP contribution in [-0.2, 0) is 4.79 Å². The first-order chi connectivity index (χ1) is 14.0. The van der Waals surface area contributed by atoms with Crippen LogP contribution in [0, 0.1) is 11.7 Å². The molecule has 2 aromatic rings. The fraction of sp³-hybridized carbons (Fsp3) is 0.364. The van der Waals surface area contributed by atoms with Crippen LogP contribution in [0.1, 0.15) is 41.3 Å². The molecule has 1 unspecified atom stereocenters. The van der Waals surface area contributed by atoms with E-state index in [-0.39, 0.29) is 35.4 Å². The second-order valence-electron chi connectivity index (χ2n) is 7.20. The largest absolute Gasteiger partial charge is 0.388 e. The van der Waals surface area contributed by atoms with Crippen molar-refractivity contribution in [3.8, 4) is 0 Å². The Hall–Kier alpha value is -2.44. The summed E-state index contributed by atoms with van der Waals surface area (Å²) in [4.78, 5) is 26.3. The molecule has 154 valence electrons. The zero-order chi connectivity index (χ0) is 20.8. The summed E-state index contributed by atoms with van der Waals surface area (Å²) in [6.07, 6.45) is 1.13. The summed E-state index contributed by atoms with van der Waals surface area (Å²) < 4.78 is 13.1. The minimum Gasteiger partial charge on any atom is -0.388 e. The van der Waals surface area contributed by atoms with Crippen molar-refractivity contribution in [2.75, 3.05) is 19.6 Å². The molecule has 3 rings (SSSR count). The first-order valence-corrected chi connectivity index (χ1v) is 10.1. The molecule has 0 aromatic heterocycles. The molecule has 1 aliphatic rings. The Labute approximate surface area is 174 Å². The number of carbonyl (C=O) groups excluding carboxylic acids is 2. The van der Waals surface area contributed by atoms with E-state index in [0.717, 1.165) is 24.5 Å². The minimum atomic E-state index is -0.520. The molecule has 29 heavy (non-hydrogen) atoms. The Morgan fingerprint density at radius 2 is 1.86 bits per heavy atom. The van der Waals surface area contributed by atoms with Gasteiger partial charge < -0.3 is 15.3 Å². The molecule has 1 fully saturated rings. The summed E-state index contributed by atoms with van der Waals surface area (Å²) in [5.41, 5.74) is 1.08. The van der Waals surface area contributed by atoms with Gasteiger partial charge in [0.15, 0.2) is 0 Å². The maximum atomic E-state index is 13.1. The average Bonchev–Trinajstić information content (AvgIpc) is 2.73. The van der Waals surface area contributed by atoms with Gasteiger partial charge in [-0.3, -0.25) is 9.59 Å². The van der Waals surface area contributed by atoms with Crippen LogP contribution in [0.5, 0.6) is 0 Å². The second kappa shape index (κ2) is 9.85. The Kier molecular flexibility index (Phi) is 7.23. The van der Waals surface area contributed by atoms with Crippen LogP contribution in [0.25, 0.3) is 0 Å². The number of amides is 2. The highest BCUT2D eigenvalue weighted by Gasteiger charge is 2.28. The first-order valence-electron chi connectivity index (χ1n) is 9.69. The number of hydrogen-bond donors (Lipinski definition) is 2. The summed E-state index contributed by atoms with van der Waals surface area (Å²) in [7, 11) is 0. The number of rotatable bonds is 6. The molecule has 0 aliphatic carbocycles. The van der Waals surface area contributed by atoms with Gasteiger partial charge in [0.05, 0.1) is 16.7 Å². The van der Waals surface area contributed by atoms with E-state index >= 15 is 0 Å². The van der Waals surface area contributed by atoms with Crippen molar-refractivity contribution in [1.29, 1.82) is 0 Å². The third-order valence-corrected chi connectivity index (χ3v) is 5.59. The minimum absolute atomic E-state index is 0.0351. The van der Waals surface area contributed by atoms with Crippen LogP contribution in [0.2, 0.25) is 5.02 Å². The average molecular weight is 419 g/mol. The zero-order valence-electron chi connectivity index (χ0n) is 16.0. The van der Waals surface area contributed by atoms with Gasteiger partial charge in [0.1, 0.15) is 5.82 Å². The SMILES string of the molecule is O=C(NCCC(=O)N1CCC(C(O)c2ccccc2)CC1)c1ccc(F)cc1Cl. The fourth-order valence-corrected chi connectivity index (χ4v) is 3.85. The number of aliphatic hydroxyl groups is 1. The van der Waals surface area contributed by atoms with Crippen LogP contribution < -0.4 is 5.32 Å². The molecule has 2 N–H and O–H groups in total. The van der Waals surface area contributed by atoms with Crippen molar-refractivity contribution >= 4 is 23.4 Å². The molecular weight excluding hydrogens is 395 g/mol. The van der Waals surface area contributed by atoms with E-state index in [2.05, 4.69) is 5.32 Å². The van der Waals surface area contributed by atoms with E-state index in [0.29, 0.717) is 13.1 Å². The number of benzene rings is 2. The van der Waals surface area contributed by atoms with Gasteiger partial charge in [0.25, 0.3) is 5.91 Å². The smallest absolute Gasteiger partial charge is 0.252 e. The van der Waals surface area contributed by atoms with Crippen LogP contribution in [-0.4, -0.2) is 41.5 Å². The quantitative estimate of drug-likeness (QED) is 0.753. The van der Waals surface area contributed by atoms with Crippen molar-refractivity contribution in [1.82, 2.24) is 10.2 Å². The molecule has 2 amide bonds. The first kappa shape index (κ1) is 21.3. The van der Waals surface area contributed by atoms with E-state index in [1.165, 1.54) is 12.1 Å². The summed E-state index contributed by atoms with van der Waals surface area (Å²) in [5, 5.41) is 13.2. The Morgan fingerprint density at radius 3 is 2.52 bits per heavy atom. The van der Waals surface area contributed by atoms with Gasteiger partial charge in [0, 0.05) is 26.1 Å². The molecule has 1 aliphatic heterocycles. The number of likely N-dealkylation sites (tertiary alicyclic amines) is 1. The molecule has 5 nitrogen and oxygen atoms in total. The summed E-state index contributed by atoms with van der Waals surface area (Å²) in [6, 6.07) is 13.1. The van der Waals surface area contributed by atoms with Crippen molar-refractivity contribution in [2.45, 2.75) is 25.4 Å². The van der Waals surface area contributed by atoms with Crippen LogP contribution in [0.4, 0.5) is 4.39 Å². The number of hydrogen-bond acceptors (Lipinski definition) is 3. The van der Waals surface area contributed by atoms with Gasteiger partial charge in [0.2, 0.25) is 5.91 Å². The molecule has 7 heteroatoms. The number of aliphatic hydroxyl groups excluding tert-OH is 1. The molecule has 0 radical (unpaired) electrons. The number of carbonyl (C=O) groups is 2. The maximum absolute atomic E-state index is 13.1. The highest BCUT2D eigenvalue weighted by atomic mass is 35.5. The molecule has 0 spiro atoms. The van der Waals surface area contributed by atoms with Gasteiger partial charge in [-0.25, -0.2) is 4.39 Å². The third kappa shape index (κ3) is 5.55. The lowest BCUT2D eigenvalue weighted by Gasteiger charge is -2.34. The van der Waals surface area contributed by atoms with Crippen molar-refractivity contribution < 1.29 is 19.1 Å². The summed E-state index contributed by atoms with van der Waals surface area (Å²) in [5.74, 6) is -0.861. The topological polar surface area (TPSA) is 69.6 Å². The van der Waals surface area contributed by atoms with Gasteiger partial charge in [-0.15, -0.1) is 0 Å². The highest BCUT2D eigenvalue weighted by Crippen LogP contribution is 2.30. The van der Waals surface area contributed by atoms with E-state index in [1.807, 2.05) is 30.3 Å². The predicted molar refractivity (Wildman–Crippen MR) is 109 cm³/mol. The molecule has 0 saturated carbocycles. The number of nitrogens with one attached hydrogen (secondary N) is 1. The van der Waals surface area contributed by atoms with Crippen molar-refractivity contribution in [3.05, 3.63) is 70.5 Å². The molecular formula is C22H24ClFN2O3. The van der Waals surface area contributed by atoms with E-state index in [1.54, 1.807) is 4.90 Å². The monoisotopic (exact) mass is 418 g/mol. The van der Waals surface area contributed by atoms with Crippen molar-refractivity contribution in [2.24, 2.45) is 5.92 Å². The van der Waals surface area contributed by atoms with Crippen molar-refractivity contribution in [3.63, 3.8) is 0 Å². The van der Waals surface area contributed by atoms with Gasteiger partial charge in [-0.05, 0) is 42.5 Å². The lowest BCUT2D eigenvalue weighted by atomic mass is 9.87. The van der Waals surface area contributed by atoms with E-state index < -0.39 is 17.8 Å². The van der Waals surface area contributed by atoms with E-state index in [9.17, 15) is 19.1 Å². The van der Waals surface area contributed by atoms with Gasteiger partial charge in [-0.1, -0.05) is 41.9 Å². The number of halogens is 2. The van der Waals surface area contributed by atoms with E-state index in [4.69, 9.17) is 11.6 Å².